The van der Waals surface area contributed by atoms with Gasteiger partial charge in [0.15, 0.2) is 0 Å². The molecule has 2 amide bonds. The Balaban J connectivity index is 1.80. The second kappa shape index (κ2) is 10.4. The fourth-order valence-corrected chi connectivity index (χ4v) is 3.62. The Bertz CT molecular complexity index is 1020. The van der Waals surface area contributed by atoms with Crippen LogP contribution >= 0.6 is 11.6 Å². The van der Waals surface area contributed by atoms with E-state index in [1.807, 2.05) is 59.6 Å². The first-order valence-corrected chi connectivity index (χ1v) is 10.9. The highest BCUT2D eigenvalue weighted by atomic mass is 35.5. The van der Waals surface area contributed by atoms with Gasteiger partial charge in [0, 0.05) is 41.3 Å². The number of aromatic nitrogens is 1. The number of halogens is 1. The quantitative estimate of drug-likeness (QED) is 0.449. The number of nitrogens with zero attached hydrogens (tertiary/aromatic N) is 2. The molecule has 164 valence electrons. The molecule has 0 aliphatic rings. The van der Waals surface area contributed by atoms with Crippen LogP contribution in [0.1, 0.15) is 32.0 Å². The lowest BCUT2D eigenvalue weighted by Crippen LogP contribution is -2.43. The summed E-state index contributed by atoms with van der Waals surface area (Å²) in [5.41, 5.74) is 2.89. The van der Waals surface area contributed by atoms with E-state index < -0.39 is 0 Å². The zero-order valence-electron chi connectivity index (χ0n) is 18.5. The Kier molecular flexibility index (Phi) is 7.64. The van der Waals surface area contributed by atoms with Crippen LogP contribution in [0.2, 0.25) is 5.02 Å². The third-order valence-corrected chi connectivity index (χ3v) is 5.77. The predicted octanol–water partition coefficient (Wildman–Crippen LogP) is 6.28. The molecule has 0 bridgehead atoms. The number of carbonyl (C=O) groups excluding carboxylic acids is 1. The lowest BCUT2D eigenvalue weighted by molar-refractivity contribution is 0.168. The van der Waals surface area contributed by atoms with E-state index in [4.69, 9.17) is 16.3 Å². The van der Waals surface area contributed by atoms with Gasteiger partial charge in [0.25, 0.3) is 0 Å². The standard InChI is InChI=1S/C25H30ClN3O2/c1-18(2)19(3)29(25(30)27-22-10-6-12-24(15-22)31-4)17-23-11-7-13-28(23)16-20-8-5-9-21(26)14-20/h5-15,18-19H,16-17H2,1-4H3,(H,27,30). The van der Waals surface area contributed by atoms with Gasteiger partial charge in [-0.05, 0) is 54.8 Å². The van der Waals surface area contributed by atoms with Gasteiger partial charge in [0.05, 0.1) is 13.7 Å². The normalized spacial score (nSPS) is 11.9. The van der Waals surface area contributed by atoms with Crippen LogP contribution in [0.15, 0.2) is 66.9 Å². The number of hydrogen-bond donors (Lipinski definition) is 1. The average Bonchev–Trinajstić information content (AvgIpc) is 3.18. The summed E-state index contributed by atoms with van der Waals surface area (Å²) in [6.45, 7) is 7.54. The van der Waals surface area contributed by atoms with Crippen LogP contribution in [0.5, 0.6) is 5.75 Å². The molecule has 0 spiro atoms. The van der Waals surface area contributed by atoms with Crippen LogP contribution in [0, 0.1) is 5.92 Å². The van der Waals surface area contributed by atoms with Gasteiger partial charge < -0.3 is 19.5 Å². The lowest BCUT2D eigenvalue weighted by atomic mass is 10.0. The van der Waals surface area contributed by atoms with Gasteiger partial charge in [-0.2, -0.15) is 0 Å². The van der Waals surface area contributed by atoms with Gasteiger partial charge in [0.1, 0.15) is 5.75 Å². The molecule has 1 heterocycles. The minimum atomic E-state index is -0.134. The molecule has 0 aliphatic carbocycles. The summed E-state index contributed by atoms with van der Waals surface area (Å²) in [6, 6.07) is 19.2. The van der Waals surface area contributed by atoms with Crippen LogP contribution in [0.4, 0.5) is 10.5 Å². The number of amides is 2. The first-order chi connectivity index (χ1) is 14.9. The second-order valence-corrected chi connectivity index (χ2v) is 8.47. The monoisotopic (exact) mass is 439 g/mol. The highest BCUT2D eigenvalue weighted by Crippen LogP contribution is 2.21. The molecular formula is C25H30ClN3O2. The summed E-state index contributed by atoms with van der Waals surface area (Å²) in [5.74, 6) is 1.02. The molecule has 1 atom stereocenters. The number of hydrogen-bond acceptors (Lipinski definition) is 2. The number of anilines is 1. The molecule has 1 unspecified atom stereocenters. The number of rotatable bonds is 8. The summed E-state index contributed by atoms with van der Waals surface area (Å²) >= 11 is 6.15. The minimum Gasteiger partial charge on any atom is -0.497 e. The first-order valence-electron chi connectivity index (χ1n) is 10.5. The van der Waals surface area contributed by atoms with Crippen LogP contribution in [0.25, 0.3) is 0 Å². The molecule has 1 aromatic heterocycles. The number of benzene rings is 2. The third-order valence-electron chi connectivity index (χ3n) is 5.54. The summed E-state index contributed by atoms with van der Waals surface area (Å²) in [4.78, 5) is 15.1. The van der Waals surface area contributed by atoms with Crippen LogP contribution < -0.4 is 10.1 Å². The molecule has 0 saturated heterocycles. The zero-order valence-corrected chi connectivity index (χ0v) is 19.3. The predicted molar refractivity (Wildman–Crippen MR) is 127 cm³/mol. The summed E-state index contributed by atoms with van der Waals surface area (Å²) in [6.07, 6.45) is 2.04. The van der Waals surface area contributed by atoms with Crippen LogP contribution in [-0.2, 0) is 13.1 Å². The fourth-order valence-electron chi connectivity index (χ4n) is 3.41. The minimum absolute atomic E-state index is 0.0557. The third kappa shape index (κ3) is 6.05. The molecule has 0 aliphatic heterocycles. The van der Waals surface area contributed by atoms with Crippen molar-refractivity contribution in [2.24, 2.45) is 5.92 Å². The van der Waals surface area contributed by atoms with E-state index in [0.29, 0.717) is 30.4 Å². The maximum absolute atomic E-state index is 13.2. The van der Waals surface area contributed by atoms with Gasteiger partial charge in [-0.1, -0.05) is 43.6 Å². The highest BCUT2D eigenvalue weighted by Gasteiger charge is 2.24. The first kappa shape index (κ1) is 22.8. The van der Waals surface area contributed by atoms with Crippen molar-refractivity contribution >= 4 is 23.3 Å². The summed E-state index contributed by atoms with van der Waals surface area (Å²) in [5, 5.41) is 3.74. The smallest absolute Gasteiger partial charge is 0.322 e. The van der Waals surface area contributed by atoms with Gasteiger partial charge >= 0.3 is 6.03 Å². The fraction of sp³-hybridized carbons (Fsp3) is 0.320. The Labute approximate surface area is 189 Å². The number of ether oxygens (including phenoxy) is 1. The van der Waals surface area contributed by atoms with Crippen molar-refractivity contribution in [3.63, 3.8) is 0 Å². The molecule has 6 heteroatoms. The Morgan fingerprint density at radius 3 is 2.58 bits per heavy atom. The van der Waals surface area contributed by atoms with E-state index in [1.54, 1.807) is 7.11 Å². The van der Waals surface area contributed by atoms with E-state index in [-0.39, 0.29) is 12.1 Å². The van der Waals surface area contributed by atoms with E-state index in [2.05, 4.69) is 42.8 Å². The van der Waals surface area contributed by atoms with E-state index in [1.165, 1.54) is 0 Å². The zero-order chi connectivity index (χ0) is 22.4. The summed E-state index contributed by atoms with van der Waals surface area (Å²) in [7, 11) is 1.61. The van der Waals surface area contributed by atoms with E-state index in [9.17, 15) is 4.79 Å². The van der Waals surface area contributed by atoms with Crippen molar-refractivity contribution < 1.29 is 9.53 Å². The molecule has 0 saturated carbocycles. The van der Waals surface area contributed by atoms with E-state index >= 15 is 0 Å². The topological polar surface area (TPSA) is 46.5 Å². The SMILES string of the molecule is COc1cccc(NC(=O)N(Cc2cccn2Cc2cccc(Cl)c2)C(C)C(C)C)c1. The van der Waals surface area contributed by atoms with E-state index in [0.717, 1.165) is 16.3 Å². The number of methoxy groups -OCH3 is 1. The molecule has 0 fully saturated rings. The highest BCUT2D eigenvalue weighted by molar-refractivity contribution is 6.30. The molecule has 31 heavy (non-hydrogen) atoms. The van der Waals surface area contributed by atoms with Crippen molar-refractivity contribution in [2.45, 2.75) is 39.9 Å². The lowest BCUT2D eigenvalue weighted by Gasteiger charge is -2.32. The Morgan fingerprint density at radius 2 is 1.87 bits per heavy atom. The van der Waals surface area contributed by atoms with Crippen LogP contribution in [0.3, 0.4) is 0 Å². The molecule has 1 N–H and O–H groups in total. The summed E-state index contributed by atoms with van der Waals surface area (Å²) < 4.78 is 7.43. The molecule has 0 radical (unpaired) electrons. The van der Waals surface area contributed by atoms with Crippen molar-refractivity contribution in [1.29, 1.82) is 0 Å². The molecule has 5 nitrogen and oxygen atoms in total. The Hall–Kier alpha value is -2.92. The van der Waals surface area contributed by atoms with Crippen molar-refractivity contribution in [3.05, 3.63) is 83.1 Å². The maximum Gasteiger partial charge on any atom is 0.322 e. The largest absolute Gasteiger partial charge is 0.497 e. The second-order valence-electron chi connectivity index (χ2n) is 8.03. The van der Waals surface area contributed by atoms with Gasteiger partial charge in [-0.3, -0.25) is 0 Å². The van der Waals surface area contributed by atoms with Crippen LogP contribution in [-0.4, -0.2) is 28.6 Å². The van der Waals surface area contributed by atoms with Crippen molar-refractivity contribution in [3.8, 4) is 5.75 Å². The number of carbonyl (C=O) groups is 1. The molecule has 2 aromatic carbocycles. The van der Waals surface area contributed by atoms with Crippen molar-refractivity contribution in [2.75, 3.05) is 12.4 Å². The number of urea groups is 1. The van der Waals surface area contributed by atoms with Gasteiger partial charge in [-0.15, -0.1) is 0 Å². The average molecular weight is 440 g/mol. The molecular weight excluding hydrogens is 410 g/mol. The van der Waals surface area contributed by atoms with Gasteiger partial charge in [-0.25, -0.2) is 4.79 Å². The Morgan fingerprint density at radius 1 is 1.10 bits per heavy atom. The molecule has 3 rings (SSSR count). The van der Waals surface area contributed by atoms with Crippen molar-refractivity contribution in [1.82, 2.24) is 9.47 Å². The van der Waals surface area contributed by atoms with Gasteiger partial charge in [0.2, 0.25) is 0 Å². The molecule has 3 aromatic rings. The maximum atomic E-state index is 13.2. The number of nitrogens with one attached hydrogen (secondary N) is 1.